The number of nitrogens with zero attached hydrogens (tertiary/aromatic N) is 3. The Hall–Kier alpha value is -3.39. The predicted octanol–water partition coefficient (Wildman–Crippen LogP) is 4.34. The number of hydrogen-bond acceptors (Lipinski definition) is 9. The second-order valence-electron chi connectivity index (χ2n) is 14.1. The van der Waals surface area contributed by atoms with Gasteiger partial charge in [0.25, 0.3) is 0 Å². The van der Waals surface area contributed by atoms with E-state index in [1.807, 2.05) is 41.0 Å². The predicted molar refractivity (Wildman–Crippen MR) is 204 cm³/mol. The molecule has 52 heavy (non-hydrogen) atoms. The number of benzene rings is 1. The number of carbonyl (C=O) groups excluding carboxylic acids is 4. The highest BCUT2D eigenvalue weighted by atomic mass is 32.1. The first-order valence-corrected chi connectivity index (χ1v) is 18.6. The summed E-state index contributed by atoms with van der Waals surface area (Å²) in [6.07, 6.45) is 1.57. The minimum atomic E-state index is -3.89. The van der Waals surface area contributed by atoms with E-state index in [2.05, 4.69) is 10.3 Å². The third-order valence-electron chi connectivity index (χ3n) is 9.87. The van der Waals surface area contributed by atoms with Crippen LogP contribution in [0.4, 0.5) is 0 Å². The summed E-state index contributed by atoms with van der Waals surface area (Å²) >= 11 is 1.43. The lowest BCUT2D eigenvalue weighted by Gasteiger charge is -2.41. The average molecular weight is 751 g/mol. The minimum Gasteiger partial charge on any atom is -0.379 e. The number of aromatic nitrogens is 1. The first-order valence-electron chi connectivity index (χ1n) is 21.7. The summed E-state index contributed by atoms with van der Waals surface area (Å²) in [7, 11) is 3.99. The van der Waals surface area contributed by atoms with E-state index in [-0.39, 0.29) is 12.3 Å². The van der Waals surface area contributed by atoms with Crippen molar-refractivity contribution in [3.63, 3.8) is 0 Å². The summed E-state index contributed by atoms with van der Waals surface area (Å²) in [5, 5.41) is 7.67. The molecule has 2 aromatic rings. The summed E-state index contributed by atoms with van der Waals surface area (Å²) in [6.45, 7) is 0.420. The fourth-order valence-electron chi connectivity index (χ4n) is 6.73. The van der Waals surface area contributed by atoms with Gasteiger partial charge in [-0.3, -0.25) is 19.2 Å². The molecule has 1 fully saturated rings. The maximum absolute atomic E-state index is 14.6. The number of methoxy groups -OCH3 is 2. The minimum absolute atomic E-state index is 0.285. The summed E-state index contributed by atoms with van der Waals surface area (Å²) in [5.41, 5.74) is 5.13. The second-order valence-corrected chi connectivity index (χ2v) is 15.0. The molecular weight excluding hydrogens is 681 g/mol. The molecule has 1 aromatic carbocycles. The van der Waals surface area contributed by atoms with E-state index in [0.717, 1.165) is 15.5 Å². The molecule has 0 bridgehead atoms. The Morgan fingerprint density at radius 1 is 1.15 bits per heavy atom. The maximum atomic E-state index is 14.6. The number of nitrogens with one attached hydrogen (secondary N) is 2. The van der Waals surface area contributed by atoms with Crippen LogP contribution in [0.15, 0.2) is 41.9 Å². The zero-order chi connectivity index (χ0) is 45.6. The van der Waals surface area contributed by atoms with Crippen LogP contribution in [0.25, 0.3) is 0 Å². The Morgan fingerprint density at radius 3 is 2.40 bits per heavy atom. The topological polar surface area (TPSA) is 156 Å². The summed E-state index contributed by atoms with van der Waals surface area (Å²) < 4.78 is 78.6. The molecule has 3 rings (SSSR count). The van der Waals surface area contributed by atoms with Crippen LogP contribution >= 0.6 is 11.3 Å². The van der Waals surface area contributed by atoms with E-state index in [4.69, 9.17) is 24.8 Å². The average Bonchev–Trinajstić information content (AvgIpc) is 3.89. The van der Waals surface area contributed by atoms with Gasteiger partial charge in [0.05, 0.1) is 49.6 Å². The zero-order valence-corrected chi connectivity index (χ0v) is 32.4. The Morgan fingerprint density at radius 2 is 1.85 bits per heavy atom. The highest BCUT2D eigenvalue weighted by Crippen LogP contribution is 2.30. The Balaban J connectivity index is 1.95. The second kappa shape index (κ2) is 19.6. The van der Waals surface area contributed by atoms with E-state index < -0.39 is 91.0 Å². The number of nitrogens with two attached hydrogens (primary N) is 1. The van der Waals surface area contributed by atoms with E-state index >= 15 is 0 Å². The van der Waals surface area contributed by atoms with E-state index in [0.29, 0.717) is 32.2 Å². The molecule has 290 valence electrons. The number of likely N-dealkylation sites (N-methyl/N-ethyl adjacent to an activating group) is 1. The molecular formula is C39H62N6O6S. The molecule has 4 amide bonds. The fraction of sp³-hybridized carbons (Fsp3) is 0.667. The van der Waals surface area contributed by atoms with Crippen LogP contribution in [0.5, 0.6) is 0 Å². The van der Waals surface area contributed by atoms with Gasteiger partial charge in [-0.05, 0) is 50.5 Å². The molecule has 8 atom stereocenters. The van der Waals surface area contributed by atoms with Gasteiger partial charge in [0.1, 0.15) is 11.0 Å². The SMILES string of the molecule is [2H]C([2H])([2H])C([2H])(C([2H])([2H])[2H])[C@]([2H])(NC(=O)C(C)(C)N)C(=O)N(C)[C@@H]([C@@H](C)CC)[C@@H](CC(=O)N1CCC[C@H]1[C@H](OC)[C@@H](C)C(=O)N[C@@H](Cc1ccccc1)c1nccs1)OC. The van der Waals surface area contributed by atoms with E-state index in [1.165, 1.54) is 46.5 Å². The highest BCUT2D eigenvalue weighted by Gasteiger charge is 2.43. The van der Waals surface area contributed by atoms with Gasteiger partial charge in [-0.2, -0.15) is 0 Å². The van der Waals surface area contributed by atoms with Crippen molar-refractivity contribution in [1.82, 2.24) is 25.4 Å². The van der Waals surface area contributed by atoms with Crippen LogP contribution in [0, 0.1) is 17.7 Å². The van der Waals surface area contributed by atoms with Crippen molar-refractivity contribution in [3.05, 3.63) is 52.5 Å². The monoisotopic (exact) mass is 750 g/mol. The highest BCUT2D eigenvalue weighted by molar-refractivity contribution is 7.09. The van der Waals surface area contributed by atoms with Crippen LogP contribution in [0.2, 0.25) is 0 Å². The molecule has 12 nitrogen and oxygen atoms in total. The van der Waals surface area contributed by atoms with Crippen molar-refractivity contribution >= 4 is 35.0 Å². The van der Waals surface area contributed by atoms with Gasteiger partial charge in [0.15, 0.2) is 0 Å². The molecule has 0 aliphatic carbocycles. The lowest BCUT2D eigenvalue weighted by atomic mass is 9.89. The first-order chi connectivity index (χ1) is 27.7. The van der Waals surface area contributed by atoms with Crippen LogP contribution in [0.3, 0.4) is 0 Å². The van der Waals surface area contributed by atoms with Crippen LogP contribution in [-0.2, 0) is 35.1 Å². The van der Waals surface area contributed by atoms with Gasteiger partial charge in [-0.1, -0.05) is 71.2 Å². The Kier molecular flexibility index (Phi) is 12.1. The van der Waals surface area contributed by atoms with Gasteiger partial charge in [-0.15, -0.1) is 11.3 Å². The standard InChI is InChI=1S/C39H62N6O6S/c1-11-25(4)33(44(8)37(48)32(24(2)3)43-38(49)39(6,7)40)30(50-9)23-31(46)45-20-15-18-29(45)34(51-10)26(5)35(47)42-28(36-41-19-21-52-36)22-27-16-13-12-14-17-27/h12-14,16-17,19,21,24-26,28-30,32-34H,11,15,18,20,22-23,40H2,1-10H3,(H,42,47)(H,43,49)/t25-,26+,28-,29-,30+,32-,33-,34+/m0/s1/i2D3,3D3,24D,32D. The van der Waals surface area contributed by atoms with Gasteiger partial charge >= 0.3 is 0 Å². The van der Waals surface area contributed by atoms with Crippen LogP contribution in [0.1, 0.15) is 102 Å². The molecule has 1 aliphatic heterocycles. The number of ether oxygens (including phenoxy) is 2. The van der Waals surface area contributed by atoms with E-state index in [1.54, 1.807) is 31.9 Å². The summed E-state index contributed by atoms with van der Waals surface area (Å²) in [5.74, 6) is -8.55. The van der Waals surface area contributed by atoms with Crippen molar-refractivity contribution in [2.75, 3.05) is 27.8 Å². The quantitative estimate of drug-likeness (QED) is 0.192. The number of hydrogen-bond donors (Lipinski definition) is 3. The van der Waals surface area contributed by atoms with Crippen molar-refractivity contribution in [3.8, 4) is 0 Å². The van der Waals surface area contributed by atoms with Crippen LogP contribution < -0.4 is 16.4 Å². The molecule has 4 N–H and O–H groups in total. The van der Waals surface area contributed by atoms with Crippen molar-refractivity contribution in [2.24, 2.45) is 23.5 Å². The molecule has 0 saturated carbocycles. The molecule has 0 radical (unpaired) electrons. The lowest BCUT2D eigenvalue weighted by molar-refractivity contribution is -0.148. The largest absolute Gasteiger partial charge is 0.379 e. The lowest BCUT2D eigenvalue weighted by Crippen LogP contribution is -2.60. The third-order valence-corrected chi connectivity index (χ3v) is 10.8. The summed E-state index contributed by atoms with van der Waals surface area (Å²) in [6, 6.07) is 4.06. The van der Waals surface area contributed by atoms with Crippen molar-refractivity contribution in [1.29, 1.82) is 0 Å². The molecule has 1 saturated heterocycles. The number of thiazole rings is 1. The number of carbonyl (C=O) groups is 4. The van der Waals surface area contributed by atoms with Gasteiger partial charge in [0.2, 0.25) is 23.6 Å². The van der Waals surface area contributed by atoms with Crippen molar-refractivity contribution < 1.29 is 39.6 Å². The normalized spacial score (nSPS) is 22.5. The maximum Gasteiger partial charge on any atom is 0.245 e. The smallest absolute Gasteiger partial charge is 0.245 e. The number of amides is 4. The molecule has 13 heteroatoms. The molecule has 0 spiro atoms. The van der Waals surface area contributed by atoms with Crippen molar-refractivity contribution in [2.45, 2.75) is 122 Å². The van der Waals surface area contributed by atoms with Gasteiger partial charge in [0, 0.05) is 49.0 Å². The third kappa shape index (κ3) is 11.1. The fourth-order valence-corrected chi connectivity index (χ4v) is 7.42. The molecule has 2 heterocycles. The molecule has 0 unspecified atom stereocenters. The Bertz CT molecular complexity index is 1730. The number of likely N-dealkylation sites (tertiary alicyclic amines) is 1. The zero-order valence-electron chi connectivity index (χ0n) is 39.6. The van der Waals surface area contributed by atoms with E-state index in [9.17, 15) is 20.5 Å². The summed E-state index contributed by atoms with van der Waals surface area (Å²) in [4.78, 5) is 63.1. The van der Waals surface area contributed by atoms with Crippen LogP contribution in [-0.4, -0.2) is 102 Å². The van der Waals surface area contributed by atoms with Gasteiger partial charge < -0.3 is 35.6 Å². The molecule has 1 aliphatic rings. The van der Waals surface area contributed by atoms with Gasteiger partial charge in [-0.25, -0.2) is 4.98 Å². The number of rotatable bonds is 19. The molecule has 1 aromatic heterocycles. The Labute approximate surface area is 325 Å². The first kappa shape index (κ1) is 32.1.